The zero-order valence-corrected chi connectivity index (χ0v) is 58.3. The van der Waals surface area contributed by atoms with Crippen LogP contribution >= 0.6 is 15.6 Å². The van der Waals surface area contributed by atoms with Crippen molar-refractivity contribution in [2.24, 2.45) is 17.8 Å². The summed E-state index contributed by atoms with van der Waals surface area (Å²) in [6.45, 7) is 11.7. The quantitative estimate of drug-likeness (QED) is 0.0222. The Morgan fingerprint density at radius 2 is 0.586 bits per heavy atom. The van der Waals surface area contributed by atoms with E-state index in [-0.39, 0.29) is 25.7 Å². The monoisotopic (exact) mass is 1280 g/mol. The first kappa shape index (κ1) is 85.1. The predicted octanol–water partition coefficient (Wildman–Crippen LogP) is 19.1. The van der Waals surface area contributed by atoms with Crippen LogP contribution in [0.3, 0.4) is 0 Å². The van der Waals surface area contributed by atoms with E-state index in [0.29, 0.717) is 25.7 Å². The maximum absolute atomic E-state index is 13.0. The Hall–Kier alpha value is -1.94. The molecule has 0 amide bonds. The van der Waals surface area contributed by atoms with Gasteiger partial charge in [0.25, 0.3) is 0 Å². The third-order valence-corrected chi connectivity index (χ3v) is 17.9. The summed E-state index contributed by atoms with van der Waals surface area (Å²) in [5, 5.41) is 10.5. The van der Waals surface area contributed by atoms with E-state index in [0.717, 1.165) is 114 Å². The van der Waals surface area contributed by atoms with Crippen molar-refractivity contribution in [1.29, 1.82) is 0 Å². The highest BCUT2D eigenvalue weighted by atomic mass is 31.2. The topological polar surface area (TPSA) is 237 Å². The van der Waals surface area contributed by atoms with Crippen LogP contribution in [0.2, 0.25) is 0 Å². The first-order valence-corrected chi connectivity index (χ1v) is 38.4. The van der Waals surface area contributed by atoms with Gasteiger partial charge in [-0.2, -0.15) is 0 Å². The Bertz CT molecular complexity index is 1720. The van der Waals surface area contributed by atoms with Gasteiger partial charge in [-0.05, 0) is 43.4 Å². The maximum atomic E-state index is 13.0. The Labute approximate surface area is 530 Å². The minimum atomic E-state index is -4.95. The number of aliphatic hydroxyl groups is 1. The van der Waals surface area contributed by atoms with Crippen molar-refractivity contribution in [2.45, 2.75) is 356 Å². The zero-order chi connectivity index (χ0) is 64.5. The normalized spacial score (nSPS) is 14.6. The van der Waals surface area contributed by atoms with Crippen molar-refractivity contribution in [2.75, 3.05) is 39.6 Å². The summed E-state index contributed by atoms with van der Waals surface area (Å²) in [5.74, 6) is 0.182. The smallest absolute Gasteiger partial charge is 0.462 e. The molecule has 87 heavy (non-hydrogen) atoms. The molecule has 0 aromatic rings. The number of aliphatic hydroxyl groups excluding tert-OH is 1. The van der Waals surface area contributed by atoms with Crippen LogP contribution < -0.4 is 0 Å². The van der Waals surface area contributed by atoms with Gasteiger partial charge in [-0.1, -0.05) is 286 Å². The van der Waals surface area contributed by atoms with Crippen molar-refractivity contribution in [1.82, 2.24) is 0 Å². The number of unbranched alkanes of at least 4 members (excludes halogenated alkanes) is 33. The Kier molecular flexibility index (Phi) is 57.8. The molecule has 0 aliphatic rings. The van der Waals surface area contributed by atoms with Gasteiger partial charge in [0.2, 0.25) is 0 Å². The van der Waals surface area contributed by atoms with Crippen molar-refractivity contribution in [3.05, 3.63) is 0 Å². The average molecular weight is 1280 g/mol. The van der Waals surface area contributed by atoms with Crippen molar-refractivity contribution >= 4 is 39.5 Å². The molecule has 0 aliphatic carbocycles. The largest absolute Gasteiger partial charge is 0.472 e. The van der Waals surface area contributed by atoms with Crippen molar-refractivity contribution in [3.63, 3.8) is 0 Å². The van der Waals surface area contributed by atoms with Gasteiger partial charge in [0, 0.05) is 25.7 Å². The second-order valence-corrected chi connectivity index (χ2v) is 28.7. The first-order chi connectivity index (χ1) is 41.8. The molecule has 17 nitrogen and oxygen atoms in total. The third-order valence-electron chi connectivity index (χ3n) is 16.0. The van der Waals surface area contributed by atoms with Crippen LogP contribution in [0, 0.1) is 17.8 Å². The van der Waals surface area contributed by atoms with Gasteiger partial charge in [0.15, 0.2) is 12.2 Å². The van der Waals surface area contributed by atoms with Crippen molar-refractivity contribution in [3.8, 4) is 0 Å². The lowest BCUT2D eigenvalue weighted by atomic mass is 9.99. The number of carbonyl (C=O) groups is 4. The van der Waals surface area contributed by atoms with Crippen LogP contribution in [0.1, 0.15) is 337 Å². The van der Waals surface area contributed by atoms with Gasteiger partial charge < -0.3 is 33.8 Å². The molecule has 6 atom stereocenters. The predicted molar refractivity (Wildman–Crippen MR) is 349 cm³/mol. The summed E-state index contributed by atoms with van der Waals surface area (Å²) in [6, 6.07) is 0. The number of rotatable bonds is 66. The Morgan fingerprint density at radius 3 is 0.874 bits per heavy atom. The summed E-state index contributed by atoms with van der Waals surface area (Å²) in [7, 11) is -9.89. The van der Waals surface area contributed by atoms with Crippen LogP contribution in [-0.4, -0.2) is 96.7 Å². The summed E-state index contributed by atoms with van der Waals surface area (Å²) in [6.07, 6.45) is 42.1. The second kappa shape index (κ2) is 59.1. The van der Waals surface area contributed by atoms with E-state index in [4.69, 9.17) is 37.0 Å². The van der Waals surface area contributed by atoms with E-state index in [1.165, 1.54) is 141 Å². The maximum Gasteiger partial charge on any atom is 0.472 e. The van der Waals surface area contributed by atoms with Crippen LogP contribution in [0.15, 0.2) is 0 Å². The lowest BCUT2D eigenvalue weighted by Crippen LogP contribution is -2.30. The van der Waals surface area contributed by atoms with Gasteiger partial charge in [-0.25, -0.2) is 9.13 Å². The molecule has 19 heteroatoms. The minimum absolute atomic E-state index is 0.103. The number of phosphoric acid groups is 2. The number of carbonyl (C=O) groups excluding carboxylic acids is 4. The Morgan fingerprint density at radius 1 is 0.333 bits per heavy atom. The van der Waals surface area contributed by atoms with Crippen LogP contribution in [-0.2, 0) is 65.4 Å². The second-order valence-electron chi connectivity index (χ2n) is 25.8. The molecule has 0 aliphatic heterocycles. The number of hydrogen-bond donors (Lipinski definition) is 3. The van der Waals surface area contributed by atoms with Gasteiger partial charge in [-0.3, -0.25) is 37.3 Å². The third kappa shape index (κ3) is 61.3. The molecule has 0 fully saturated rings. The molecule has 0 rings (SSSR count). The van der Waals surface area contributed by atoms with Gasteiger partial charge in [0.05, 0.1) is 26.4 Å². The molecule has 3 unspecified atom stereocenters. The number of phosphoric ester groups is 2. The highest BCUT2D eigenvalue weighted by molar-refractivity contribution is 7.47. The molecular formula is C68H132O17P2. The van der Waals surface area contributed by atoms with Crippen molar-refractivity contribution < 1.29 is 80.2 Å². The van der Waals surface area contributed by atoms with E-state index < -0.39 is 97.5 Å². The van der Waals surface area contributed by atoms with Gasteiger partial charge >= 0.3 is 39.5 Å². The molecule has 0 bridgehead atoms. The van der Waals surface area contributed by atoms with E-state index in [9.17, 15) is 43.2 Å². The molecule has 0 spiro atoms. The fraction of sp³-hybridized carbons (Fsp3) is 0.941. The number of hydrogen-bond acceptors (Lipinski definition) is 15. The van der Waals surface area contributed by atoms with E-state index >= 15 is 0 Å². The Balaban J connectivity index is 5.16. The number of esters is 4. The van der Waals surface area contributed by atoms with E-state index in [2.05, 4.69) is 48.5 Å². The first-order valence-electron chi connectivity index (χ1n) is 35.4. The molecular weight excluding hydrogens is 1150 g/mol. The highest BCUT2D eigenvalue weighted by Gasteiger charge is 2.30. The zero-order valence-electron chi connectivity index (χ0n) is 56.5. The summed E-state index contributed by atoms with van der Waals surface area (Å²) < 4.78 is 68.0. The highest BCUT2D eigenvalue weighted by Crippen LogP contribution is 2.45. The molecule has 0 radical (unpaired) electrons. The van der Waals surface area contributed by atoms with Gasteiger partial charge in [-0.15, -0.1) is 0 Å². The molecule has 0 aromatic carbocycles. The fourth-order valence-electron chi connectivity index (χ4n) is 10.2. The summed E-state index contributed by atoms with van der Waals surface area (Å²) in [5.41, 5.74) is 0. The molecule has 3 N–H and O–H groups in total. The summed E-state index contributed by atoms with van der Waals surface area (Å²) in [4.78, 5) is 72.2. The molecule has 0 aromatic heterocycles. The van der Waals surface area contributed by atoms with Gasteiger partial charge in [0.1, 0.15) is 19.3 Å². The minimum Gasteiger partial charge on any atom is -0.462 e. The van der Waals surface area contributed by atoms with Crippen LogP contribution in [0.4, 0.5) is 0 Å². The molecule has 516 valence electrons. The van der Waals surface area contributed by atoms with Crippen LogP contribution in [0.25, 0.3) is 0 Å². The SMILES string of the molecule is CCCCCCCC(=O)OC[C@H](COP(=O)(O)OC[C@H](O)COP(=O)(O)OC[C@@H](COC(=O)CCCCCCCCCCCCC(C)C)OC(=O)CCCCCCCCCCCCCCCCC(C)CC)OC(=O)CCCCCCCCCCC(C)C. The molecule has 0 heterocycles. The van der Waals surface area contributed by atoms with E-state index in [1.54, 1.807) is 0 Å². The summed E-state index contributed by atoms with van der Waals surface area (Å²) >= 11 is 0. The van der Waals surface area contributed by atoms with Crippen LogP contribution in [0.5, 0.6) is 0 Å². The van der Waals surface area contributed by atoms with E-state index in [1.807, 2.05) is 0 Å². The standard InChI is InChI=1S/C68H132O17P2/c1-8-10-11-32-42-49-65(70)78-55-63(84-68(73)52-45-38-31-25-24-27-34-40-47-60(5)6)57-82-86(74,75)80-53-62(69)54-81-87(76,77)83-58-64(56-79-66(71)50-43-36-29-22-19-18-20-26-33-39-46-59(3)4)85-67(72)51-44-37-30-23-17-15-13-12-14-16-21-28-35-41-48-61(7)9-2/h59-64,69H,8-58H2,1-7H3,(H,74,75)(H,76,77)/t61?,62-,63+,64+/m0/s1. The fourth-order valence-corrected chi connectivity index (χ4v) is 11.7. The lowest BCUT2D eigenvalue weighted by Gasteiger charge is -2.21. The lowest BCUT2D eigenvalue weighted by molar-refractivity contribution is -0.161. The number of ether oxygens (including phenoxy) is 4. The molecule has 0 saturated heterocycles. The molecule has 0 saturated carbocycles. The average Bonchev–Trinajstić information content (AvgIpc) is 3.61.